The Labute approximate surface area is 116 Å². The first-order chi connectivity index (χ1) is 9.24. The Morgan fingerprint density at radius 2 is 2.16 bits per heavy atom. The van der Waals surface area contributed by atoms with Gasteiger partial charge in [-0.15, -0.1) is 0 Å². The standard InChI is InChI=1S/C15H28N2O2/c1-3-19-14-8-12(9-14)10-15(18)17-7-5-4-6-13(17)11-16-2/h12-14,16H,3-11H2,1-2H3. The highest BCUT2D eigenvalue weighted by Crippen LogP contribution is 2.33. The number of carbonyl (C=O) groups excluding carboxylic acids is 1. The van der Waals surface area contributed by atoms with Gasteiger partial charge in [-0.25, -0.2) is 0 Å². The van der Waals surface area contributed by atoms with Gasteiger partial charge in [0.2, 0.25) is 5.91 Å². The number of rotatable bonds is 6. The molecule has 1 aliphatic heterocycles. The summed E-state index contributed by atoms with van der Waals surface area (Å²) >= 11 is 0. The molecule has 1 amide bonds. The second kappa shape index (κ2) is 7.25. The van der Waals surface area contributed by atoms with Gasteiger partial charge in [0.05, 0.1) is 6.10 Å². The minimum atomic E-state index is 0.361. The largest absolute Gasteiger partial charge is 0.378 e. The number of nitrogens with one attached hydrogen (secondary N) is 1. The van der Waals surface area contributed by atoms with Crippen LogP contribution in [0.2, 0.25) is 0 Å². The third-order valence-corrected chi connectivity index (χ3v) is 4.45. The van der Waals surface area contributed by atoms with Crippen LogP contribution in [0.4, 0.5) is 0 Å². The normalized spacial score (nSPS) is 31.1. The van der Waals surface area contributed by atoms with Gasteiger partial charge in [0.25, 0.3) is 0 Å². The van der Waals surface area contributed by atoms with E-state index in [2.05, 4.69) is 10.2 Å². The molecule has 2 aliphatic rings. The summed E-state index contributed by atoms with van der Waals surface area (Å²) in [5, 5.41) is 3.21. The van der Waals surface area contributed by atoms with Crippen molar-refractivity contribution in [1.82, 2.24) is 10.2 Å². The molecule has 1 heterocycles. The van der Waals surface area contributed by atoms with Crippen molar-refractivity contribution in [2.75, 3.05) is 26.7 Å². The van der Waals surface area contributed by atoms with Gasteiger partial charge >= 0.3 is 0 Å². The molecule has 1 saturated carbocycles. The Bertz CT molecular complexity index is 288. The highest BCUT2D eigenvalue weighted by Gasteiger charge is 2.34. The van der Waals surface area contributed by atoms with E-state index in [1.54, 1.807) is 0 Å². The lowest BCUT2D eigenvalue weighted by Gasteiger charge is -2.39. The number of amides is 1. The van der Waals surface area contributed by atoms with Crippen LogP contribution in [-0.2, 0) is 9.53 Å². The fourth-order valence-corrected chi connectivity index (χ4v) is 3.35. The molecule has 0 radical (unpaired) electrons. The van der Waals surface area contributed by atoms with Crippen molar-refractivity contribution >= 4 is 5.91 Å². The van der Waals surface area contributed by atoms with Crippen LogP contribution < -0.4 is 5.32 Å². The molecule has 0 aromatic carbocycles. The molecular weight excluding hydrogens is 240 g/mol. The second-order valence-corrected chi connectivity index (χ2v) is 5.91. The van der Waals surface area contributed by atoms with Crippen LogP contribution in [0.5, 0.6) is 0 Å². The van der Waals surface area contributed by atoms with Gasteiger partial charge in [-0.2, -0.15) is 0 Å². The van der Waals surface area contributed by atoms with Crippen molar-refractivity contribution in [2.24, 2.45) is 5.92 Å². The lowest BCUT2D eigenvalue weighted by atomic mass is 9.79. The molecule has 1 aliphatic carbocycles. The molecule has 1 unspecified atom stereocenters. The molecule has 0 spiro atoms. The van der Waals surface area contributed by atoms with E-state index in [1.807, 2.05) is 14.0 Å². The average molecular weight is 268 g/mol. The molecule has 19 heavy (non-hydrogen) atoms. The lowest BCUT2D eigenvalue weighted by molar-refractivity contribution is -0.138. The van der Waals surface area contributed by atoms with Gasteiger partial charge in [0, 0.05) is 32.2 Å². The molecule has 2 fully saturated rings. The van der Waals surface area contributed by atoms with Gasteiger partial charge in [-0.05, 0) is 52.0 Å². The summed E-state index contributed by atoms with van der Waals surface area (Å²) in [6.45, 7) is 4.71. The van der Waals surface area contributed by atoms with E-state index in [9.17, 15) is 4.79 Å². The molecule has 4 nitrogen and oxygen atoms in total. The first-order valence-corrected chi connectivity index (χ1v) is 7.80. The Hall–Kier alpha value is -0.610. The Morgan fingerprint density at radius 1 is 1.37 bits per heavy atom. The quantitative estimate of drug-likeness (QED) is 0.798. The smallest absolute Gasteiger partial charge is 0.223 e. The molecule has 2 rings (SSSR count). The van der Waals surface area contributed by atoms with Crippen molar-refractivity contribution in [3.8, 4) is 0 Å². The molecule has 110 valence electrons. The Balaban J connectivity index is 1.75. The summed E-state index contributed by atoms with van der Waals surface area (Å²) in [6, 6.07) is 0.411. The number of piperidine rings is 1. The zero-order chi connectivity index (χ0) is 13.7. The molecule has 0 bridgehead atoms. The highest BCUT2D eigenvalue weighted by molar-refractivity contribution is 5.77. The van der Waals surface area contributed by atoms with Crippen molar-refractivity contribution in [3.05, 3.63) is 0 Å². The maximum Gasteiger partial charge on any atom is 0.223 e. The van der Waals surface area contributed by atoms with Crippen molar-refractivity contribution in [1.29, 1.82) is 0 Å². The summed E-state index contributed by atoms with van der Waals surface area (Å²) < 4.78 is 5.56. The Kier molecular flexibility index (Phi) is 5.64. The predicted molar refractivity (Wildman–Crippen MR) is 76.0 cm³/mol. The number of hydrogen-bond acceptors (Lipinski definition) is 3. The molecule has 0 aromatic heterocycles. The molecule has 0 aromatic rings. The number of likely N-dealkylation sites (N-methyl/N-ethyl adjacent to an activating group) is 1. The van der Waals surface area contributed by atoms with Crippen LogP contribution in [0, 0.1) is 5.92 Å². The highest BCUT2D eigenvalue weighted by atomic mass is 16.5. The Morgan fingerprint density at radius 3 is 2.84 bits per heavy atom. The summed E-state index contributed by atoms with van der Waals surface area (Å²) in [7, 11) is 1.97. The van der Waals surface area contributed by atoms with Crippen molar-refractivity contribution in [2.45, 2.75) is 57.6 Å². The van der Waals surface area contributed by atoms with Crippen LogP contribution in [-0.4, -0.2) is 49.7 Å². The fraction of sp³-hybridized carbons (Fsp3) is 0.933. The number of likely N-dealkylation sites (tertiary alicyclic amines) is 1. The van der Waals surface area contributed by atoms with E-state index in [0.29, 0.717) is 24.0 Å². The van der Waals surface area contributed by atoms with E-state index in [0.717, 1.165) is 51.8 Å². The zero-order valence-corrected chi connectivity index (χ0v) is 12.4. The SMILES string of the molecule is CCOC1CC(CC(=O)N2CCCCC2CNC)C1. The topological polar surface area (TPSA) is 41.6 Å². The van der Waals surface area contributed by atoms with Crippen LogP contribution >= 0.6 is 0 Å². The molecular formula is C15H28N2O2. The van der Waals surface area contributed by atoms with Gasteiger partial charge in [-0.1, -0.05) is 0 Å². The lowest BCUT2D eigenvalue weighted by Crippen LogP contribution is -2.49. The van der Waals surface area contributed by atoms with Crippen LogP contribution in [0.25, 0.3) is 0 Å². The minimum absolute atomic E-state index is 0.361. The van der Waals surface area contributed by atoms with Crippen LogP contribution in [0.3, 0.4) is 0 Å². The fourth-order valence-electron chi connectivity index (χ4n) is 3.35. The molecule has 1 saturated heterocycles. The van der Waals surface area contributed by atoms with Gasteiger partial charge < -0.3 is 15.0 Å². The first kappa shape index (κ1) is 14.8. The van der Waals surface area contributed by atoms with Crippen molar-refractivity contribution < 1.29 is 9.53 Å². The predicted octanol–water partition coefficient (Wildman–Crippen LogP) is 1.79. The van der Waals surface area contributed by atoms with Gasteiger partial charge in [0.1, 0.15) is 0 Å². The summed E-state index contributed by atoms with van der Waals surface area (Å²) in [5.74, 6) is 0.918. The monoisotopic (exact) mass is 268 g/mol. The first-order valence-electron chi connectivity index (χ1n) is 7.80. The van der Waals surface area contributed by atoms with Crippen LogP contribution in [0.15, 0.2) is 0 Å². The molecule has 1 atom stereocenters. The zero-order valence-electron chi connectivity index (χ0n) is 12.4. The summed E-state index contributed by atoms with van der Waals surface area (Å²) in [4.78, 5) is 14.5. The number of ether oxygens (including phenoxy) is 1. The van der Waals surface area contributed by atoms with Crippen LogP contribution in [0.1, 0.15) is 45.4 Å². The molecule has 1 N–H and O–H groups in total. The third-order valence-electron chi connectivity index (χ3n) is 4.45. The van der Waals surface area contributed by atoms with Crippen molar-refractivity contribution in [3.63, 3.8) is 0 Å². The third kappa shape index (κ3) is 3.93. The van der Waals surface area contributed by atoms with E-state index in [4.69, 9.17) is 4.74 Å². The maximum atomic E-state index is 12.4. The second-order valence-electron chi connectivity index (χ2n) is 5.91. The maximum absolute atomic E-state index is 12.4. The van der Waals surface area contributed by atoms with Gasteiger partial charge in [0.15, 0.2) is 0 Å². The summed E-state index contributed by atoms with van der Waals surface area (Å²) in [5.41, 5.74) is 0. The van der Waals surface area contributed by atoms with E-state index < -0.39 is 0 Å². The number of nitrogens with zero attached hydrogens (tertiary/aromatic N) is 1. The van der Waals surface area contributed by atoms with E-state index in [-0.39, 0.29) is 0 Å². The minimum Gasteiger partial charge on any atom is -0.378 e. The van der Waals surface area contributed by atoms with E-state index >= 15 is 0 Å². The number of hydrogen-bond donors (Lipinski definition) is 1. The average Bonchev–Trinajstić information content (AvgIpc) is 2.37. The summed E-state index contributed by atoms with van der Waals surface area (Å²) in [6.07, 6.45) is 6.86. The number of carbonyl (C=O) groups is 1. The molecule has 4 heteroatoms. The van der Waals surface area contributed by atoms with E-state index in [1.165, 1.54) is 6.42 Å². The van der Waals surface area contributed by atoms with Gasteiger partial charge in [-0.3, -0.25) is 4.79 Å².